The molecule has 2 aromatic carbocycles. The summed E-state index contributed by atoms with van der Waals surface area (Å²) in [6, 6.07) is 10.7. The third-order valence-corrected chi connectivity index (χ3v) is 3.87. The van der Waals surface area contributed by atoms with Gasteiger partial charge in [0.1, 0.15) is 17.3 Å². The minimum atomic E-state index is -0.572. The summed E-state index contributed by atoms with van der Waals surface area (Å²) in [7, 11) is 1.46. The maximum Gasteiger partial charge on any atom is 0.288 e. The quantitative estimate of drug-likeness (QED) is 0.693. The molecule has 0 atom stereocenters. The number of hydrazine groups is 1. The lowest BCUT2D eigenvalue weighted by atomic mass is 10.1. The zero-order chi connectivity index (χ0) is 19.4. The normalized spacial score (nSPS) is 10.3. The average Bonchev–Trinajstić information content (AvgIpc) is 3.16. The lowest BCUT2D eigenvalue weighted by molar-refractivity contribution is 0.0841. The summed E-state index contributed by atoms with van der Waals surface area (Å²) in [4.78, 5) is 28.7. The number of benzene rings is 2. The molecule has 7 nitrogen and oxygen atoms in total. The first-order valence-corrected chi connectivity index (χ1v) is 8.03. The predicted molar refractivity (Wildman–Crippen MR) is 96.2 cm³/mol. The van der Waals surface area contributed by atoms with E-state index in [4.69, 9.17) is 4.74 Å². The van der Waals surface area contributed by atoms with Gasteiger partial charge in [0.2, 0.25) is 0 Å². The van der Waals surface area contributed by atoms with E-state index in [0.29, 0.717) is 17.0 Å². The van der Waals surface area contributed by atoms with E-state index in [2.05, 4.69) is 15.8 Å². The van der Waals surface area contributed by atoms with E-state index in [1.54, 1.807) is 12.1 Å². The molecule has 2 amide bonds. The Morgan fingerprint density at radius 2 is 1.78 bits per heavy atom. The molecule has 0 aliphatic heterocycles. The van der Waals surface area contributed by atoms with Crippen molar-refractivity contribution in [3.63, 3.8) is 0 Å². The SMILES string of the molecule is COc1ccc(C)cc1C(=O)NNC(=O)c1cncn1-c1ccc(F)cc1. The number of halogens is 1. The van der Waals surface area contributed by atoms with E-state index in [-0.39, 0.29) is 11.5 Å². The van der Waals surface area contributed by atoms with E-state index in [1.807, 2.05) is 13.0 Å². The second kappa shape index (κ2) is 7.69. The molecular weight excluding hydrogens is 351 g/mol. The molecule has 3 rings (SSSR count). The van der Waals surface area contributed by atoms with Crippen LogP contribution >= 0.6 is 0 Å². The molecule has 0 unspecified atom stereocenters. The molecule has 0 aliphatic carbocycles. The molecule has 0 saturated carbocycles. The van der Waals surface area contributed by atoms with Crippen LogP contribution in [0.3, 0.4) is 0 Å². The summed E-state index contributed by atoms with van der Waals surface area (Å²) in [5.41, 5.74) is 6.62. The van der Waals surface area contributed by atoms with Crippen molar-refractivity contribution in [2.45, 2.75) is 6.92 Å². The molecule has 3 aromatic rings. The lowest BCUT2D eigenvalue weighted by Crippen LogP contribution is -2.42. The van der Waals surface area contributed by atoms with Gasteiger partial charge in [-0.3, -0.25) is 25.0 Å². The zero-order valence-electron chi connectivity index (χ0n) is 14.7. The van der Waals surface area contributed by atoms with Crippen molar-refractivity contribution in [1.82, 2.24) is 20.4 Å². The van der Waals surface area contributed by atoms with Crippen LogP contribution in [-0.2, 0) is 0 Å². The van der Waals surface area contributed by atoms with Crippen LogP contribution in [0.25, 0.3) is 5.69 Å². The van der Waals surface area contributed by atoms with Crippen molar-refractivity contribution in [3.05, 3.63) is 77.6 Å². The number of ether oxygens (including phenoxy) is 1. The maximum atomic E-state index is 13.1. The van der Waals surface area contributed by atoms with Crippen LogP contribution < -0.4 is 15.6 Å². The monoisotopic (exact) mass is 368 g/mol. The van der Waals surface area contributed by atoms with E-state index in [0.717, 1.165) is 5.56 Å². The number of rotatable bonds is 4. The van der Waals surface area contributed by atoms with Gasteiger partial charge < -0.3 is 4.74 Å². The lowest BCUT2D eigenvalue weighted by Gasteiger charge is -2.12. The molecule has 0 saturated heterocycles. The number of aryl methyl sites for hydroxylation is 1. The average molecular weight is 368 g/mol. The Hall–Kier alpha value is -3.68. The topological polar surface area (TPSA) is 85.2 Å². The summed E-state index contributed by atoms with van der Waals surface area (Å²) in [5.74, 6) is -1.08. The highest BCUT2D eigenvalue weighted by atomic mass is 19.1. The van der Waals surface area contributed by atoms with Gasteiger partial charge in [0.25, 0.3) is 11.8 Å². The second-order valence-electron chi connectivity index (χ2n) is 5.74. The van der Waals surface area contributed by atoms with Gasteiger partial charge in [0.15, 0.2) is 0 Å². The van der Waals surface area contributed by atoms with Gasteiger partial charge in [-0.25, -0.2) is 9.37 Å². The van der Waals surface area contributed by atoms with E-state index in [1.165, 1.54) is 48.5 Å². The first kappa shape index (κ1) is 18.1. The highest BCUT2D eigenvalue weighted by Gasteiger charge is 2.16. The Balaban J connectivity index is 1.74. The minimum Gasteiger partial charge on any atom is -0.496 e. The summed E-state index contributed by atoms with van der Waals surface area (Å²) >= 11 is 0. The summed E-state index contributed by atoms with van der Waals surface area (Å²) in [6.07, 6.45) is 2.77. The highest BCUT2D eigenvalue weighted by Crippen LogP contribution is 2.19. The predicted octanol–water partition coefficient (Wildman–Crippen LogP) is 2.40. The van der Waals surface area contributed by atoms with Crippen molar-refractivity contribution < 1.29 is 18.7 Å². The number of carbonyl (C=O) groups is 2. The number of hydrogen-bond acceptors (Lipinski definition) is 4. The van der Waals surface area contributed by atoms with Crippen LogP contribution in [0.2, 0.25) is 0 Å². The smallest absolute Gasteiger partial charge is 0.288 e. The maximum absolute atomic E-state index is 13.1. The van der Waals surface area contributed by atoms with Crippen LogP contribution in [0.1, 0.15) is 26.4 Å². The largest absolute Gasteiger partial charge is 0.496 e. The summed E-state index contributed by atoms with van der Waals surface area (Å²) in [5, 5.41) is 0. The molecule has 8 heteroatoms. The first-order valence-electron chi connectivity index (χ1n) is 8.03. The number of methoxy groups -OCH3 is 1. The summed E-state index contributed by atoms with van der Waals surface area (Å²) < 4.78 is 19.7. The van der Waals surface area contributed by atoms with Crippen molar-refractivity contribution >= 4 is 11.8 Å². The van der Waals surface area contributed by atoms with Gasteiger partial charge in [-0.15, -0.1) is 0 Å². The highest BCUT2D eigenvalue weighted by molar-refractivity contribution is 6.00. The van der Waals surface area contributed by atoms with Crippen LogP contribution in [0.4, 0.5) is 4.39 Å². The Labute approximate surface area is 154 Å². The standard InChI is InChI=1S/C19H17FN4O3/c1-12-3-8-17(27-2)15(9-12)18(25)22-23-19(26)16-10-21-11-24(16)14-6-4-13(20)5-7-14/h3-11H,1-2H3,(H,22,25)(H,23,26). The Morgan fingerprint density at radius 1 is 1.07 bits per heavy atom. The van der Waals surface area contributed by atoms with Crippen LogP contribution in [0.5, 0.6) is 5.75 Å². The number of nitrogens with zero attached hydrogens (tertiary/aromatic N) is 2. The Kier molecular flexibility index (Phi) is 5.16. The molecule has 0 bridgehead atoms. The van der Waals surface area contributed by atoms with Gasteiger partial charge in [0.05, 0.1) is 25.2 Å². The number of nitrogens with one attached hydrogen (secondary N) is 2. The zero-order valence-corrected chi connectivity index (χ0v) is 14.7. The fourth-order valence-electron chi connectivity index (χ4n) is 2.51. The molecule has 27 heavy (non-hydrogen) atoms. The number of amides is 2. The molecular formula is C19H17FN4O3. The molecule has 0 fully saturated rings. The van der Waals surface area contributed by atoms with Crippen molar-refractivity contribution in [1.29, 1.82) is 0 Å². The molecule has 1 heterocycles. The summed E-state index contributed by atoms with van der Waals surface area (Å²) in [6.45, 7) is 1.84. The Bertz CT molecular complexity index is 983. The molecule has 0 radical (unpaired) electrons. The van der Waals surface area contributed by atoms with Crippen molar-refractivity contribution in [2.24, 2.45) is 0 Å². The van der Waals surface area contributed by atoms with Crippen molar-refractivity contribution in [3.8, 4) is 11.4 Å². The molecule has 2 N–H and O–H groups in total. The number of carbonyl (C=O) groups excluding carboxylic acids is 2. The van der Waals surface area contributed by atoms with Crippen LogP contribution in [-0.4, -0.2) is 28.5 Å². The van der Waals surface area contributed by atoms with Gasteiger partial charge in [0, 0.05) is 5.69 Å². The molecule has 138 valence electrons. The molecule has 1 aromatic heterocycles. The molecule has 0 spiro atoms. The number of hydrogen-bond donors (Lipinski definition) is 2. The van der Waals surface area contributed by atoms with Crippen molar-refractivity contribution in [2.75, 3.05) is 7.11 Å². The van der Waals surface area contributed by atoms with Gasteiger partial charge in [-0.2, -0.15) is 0 Å². The number of aromatic nitrogens is 2. The van der Waals surface area contributed by atoms with Gasteiger partial charge in [-0.1, -0.05) is 11.6 Å². The van der Waals surface area contributed by atoms with Crippen LogP contribution in [0, 0.1) is 12.7 Å². The van der Waals surface area contributed by atoms with E-state index < -0.39 is 11.8 Å². The fourth-order valence-corrected chi connectivity index (χ4v) is 2.51. The van der Waals surface area contributed by atoms with Gasteiger partial charge >= 0.3 is 0 Å². The second-order valence-corrected chi connectivity index (χ2v) is 5.74. The van der Waals surface area contributed by atoms with Gasteiger partial charge in [-0.05, 0) is 43.3 Å². The number of imidazole rings is 1. The molecule has 0 aliphatic rings. The van der Waals surface area contributed by atoms with E-state index >= 15 is 0 Å². The third kappa shape index (κ3) is 3.95. The van der Waals surface area contributed by atoms with E-state index in [9.17, 15) is 14.0 Å². The minimum absolute atomic E-state index is 0.179. The first-order chi connectivity index (χ1) is 13.0. The van der Waals surface area contributed by atoms with Crippen LogP contribution in [0.15, 0.2) is 55.0 Å². The third-order valence-electron chi connectivity index (χ3n) is 3.87. The fraction of sp³-hybridized carbons (Fsp3) is 0.105. The Morgan fingerprint density at radius 3 is 2.48 bits per heavy atom.